The zero-order valence-corrected chi connectivity index (χ0v) is 12.6. The third kappa shape index (κ3) is 4.00. The first kappa shape index (κ1) is 16.1. The molecule has 0 saturated carbocycles. The van der Waals surface area contributed by atoms with Crippen molar-refractivity contribution in [3.05, 3.63) is 34.9 Å². The minimum atomic E-state index is -0.527. The Balaban J connectivity index is 2.97. The lowest BCUT2D eigenvalue weighted by molar-refractivity contribution is 0.362. The van der Waals surface area contributed by atoms with Gasteiger partial charge in [-0.15, -0.1) is 0 Å². The normalized spacial score (nSPS) is 13.6. The van der Waals surface area contributed by atoms with E-state index >= 15 is 0 Å². The van der Waals surface area contributed by atoms with Crippen LogP contribution in [0.5, 0.6) is 0 Å². The molecule has 0 spiro atoms. The Kier molecular flexibility index (Phi) is 5.48. The van der Waals surface area contributed by atoms with E-state index in [2.05, 4.69) is 19.2 Å². The maximum Gasteiger partial charge on any atom is 0.132 e. The number of hydrogen-bond acceptors (Lipinski definition) is 1. The average molecular weight is 269 g/mol. The summed E-state index contributed by atoms with van der Waals surface area (Å²) in [5, 5.41) is 3.37. The quantitative estimate of drug-likeness (QED) is 0.810. The third-order valence-corrected chi connectivity index (χ3v) is 3.52. The highest BCUT2D eigenvalue weighted by molar-refractivity contribution is 5.32. The highest BCUT2D eigenvalue weighted by atomic mass is 19.1. The van der Waals surface area contributed by atoms with E-state index in [-0.39, 0.29) is 11.6 Å². The molecule has 1 aromatic rings. The molecule has 0 aromatic heterocycles. The molecule has 3 heteroatoms. The van der Waals surface area contributed by atoms with Crippen LogP contribution in [0.2, 0.25) is 0 Å². The van der Waals surface area contributed by atoms with E-state index in [1.165, 1.54) is 12.1 Å². The summed E-state index contributed by atoms with van der Waals surface area (Å²) in [5.74, 6) is -0.858. The number of benzene rings is 1. The SMILES string of the molecule is CCCNC(C)CC(C)(C)c1c(F)ccc(C)c1F. The third-order valence-electron chi connectivity index (χ3n) is 3.52. The molecular formula is C16H25F2N. The van der Waals surface area contributed by atoms with Crippen LogP contribution in [0.4, 0.5) is 8.78 Å². The molecule has 0 saturated heterocycles. The maximum atomic E-state index is 14.2. The number of hydrogen-bond donors (Lipinski definition) is 1. The molecule has 0 amide bonds. The van der Waals surface area contributed by atoms with Crippen LogP contribution in [0, 0.1) is 18.6 Å². The summed E-state index contributed by atoms with van der Waals surface area (Å²) in [6.45, 7) is 10.6. The van der Waals surface area contributed by atoms with Crippen molar-refractivity contribution in [1.82, 2.24) is 5.32 Å². The topological polar surface area (TPSA) is 12.0 Å². The second-order valence-electron chi connectivity index (χ2n) is 6.00. The lowest BCUT2D eigenvalue weighted by Crippen LogP contribution is -2.34. The summed E-state index contributed by atoms with van der Waals surface area (Å²) in [4.78, 5) is 0. The average Bonchev–Trinajstić information content (AvgIpc) is 2.31. The lowest BCUT2D eigenvalue weighted by Gasteiger charge is -2.30. The molecule has 1 rings (SSSR count). The predicted molar refractivity (Wildman–Crippen MR) is 76.5 cm³/mol. The smallest absolute Gasteiger partial charge is 0.132 e. The van der Waals surface area contributed by atoms with Crippen LogP contribution >= 0.6 is 0 Å². The summed E-state index contributed by atoms with van der Waals surface area (Å²) < 4.78 is 28.2. The Morgan fingerprint density at radius 3 is 2.47 bits per heavy atom. The van der Waals surface area contributed by atoms with Crippen molar-refractivity contribution in [3.63, 3.8) is 0 Å². The highest BCUT2D eigenvalue weighted by Crippen LogP contribution is 2.33. The van der Waals surface area contributed by atoms with Gasteiger partial charge in [-0.1, -0.05) is 26.8 Å². The monoisotopic (exact) mass is 269 g/mol. The van der Waals surface area contributed by atoms with Gasteiger partial charge < -0.3 is 5.32 Å². The van der Waals surface area contributed by atoms with Crippen LogP contribution in [-0.4, -0.2) is 12.6 Å². The molecule has 0 heterocycles. The van der Waals surface area contributed by atoms with Gasteiger partial charge in [0.05, 0.1) is 0 Å². The van der Waals surface area contributed by atoms with E-state index in [4.69, 9.17) is 0 Å². The van der Waals surface area contributed by atoms with E-state index in [1.54, 1.807) is 6.92 Å². The predicted octanol–water partition coefficient (Wildman–Crippen LogP) is 4.33. The van der Waals surface area contributed by atoms with Crippen LogP contribution < -0.4 is 5.32 Å². The van der Waals surface area contributed by atoms with Crippen molar-refractivity contribution >= 4 is 0 Å². The summed E-state index contributed by atoms with van der Waals surface area (Å²) in [6, 6.07) is 3.08. The Morgan fingerprint density at radius 2 is 1.89 bits per heavy atom. The summed E-state index contributed by atoms with van der Waals surface area (Å²) >= 11 is 0. The fourth-order valence-corrected chi connectivity index (χ4v) is 2.61. The molecule has 0 aliphatic heterocycles. The zero-order valence-electron chi connectivity index (χ0n) is 12.6. The molecule has 0 radical (unpaired) electrons. The second kappa shape index (κ2) is 6.47. The summed E-state index contributed by atoms with van der Waals surface area (Å²) in [7, 11) is 0. The number of aryl methyl sites for hydroxylation is 1. The minimum Gasteiger partial charge on any atom is -0.314 e. The van der Waals surface area contributed by atoms with Gasteiger partial charge in [0.2, 0.25) is 0 Å². The molecule has 0 bridgehead atoms. The van der Waals surface area contributed by atoms with E-state index < -0.39 is 17.0 Å². The molecule has 19 heavy (non-hydrogen) atoms. The molecule has 1 nitrogen and oxygen atoms in total. The minimum absolute atomic E-state index is 0.206. The fraction of sp³-hybridized carbons (Fsp3) is 0.625. The van der Waals surface area contributed by atoms with Gasteiger partial charge in [-0.05, 0) is 50.3 Å². The van der Waals surface area contributed by atoms with Crippen molar-refractivity contribution in [2.24, 2.45) is 0 Å². The Hall–Kier alpha value is -0.960. The molecule has 0 fully saturated rings. The molecule has 1 N–H and O–H groups in total. The van der Waals surface area contributed by atoms with E-state index in [0.717, 1.165) is 13.0 Å². The molecular weight excluding hydrogens is 244 g/mol. The van der Waals surface area contributed by atoms with Crippen LogP contribution in [0.3, 0.4) is 0 Å². The first-order valence-electron chi connectivity index (χ1n) is 6.98. The highest BCUT2D eigenvalue weighted by Gasteiger charge is 2.30. The molecule has 1 unspecified atom stereocenters. The number of nitrogens with one attached hydrogen (secondary N) is 1. The van der Waals surface area contributed by atoms with Gasteiger partial charge in [0.1, 0.15) is 11.6 Å². The van der Waals surface area contributed by atoms with Gasteiger partial charge in [-0.25, -0.2) is 8.78 Å². The van der Waals surface area contributed by atoms with E-state index in [9.17, 15) is 8.78 Å². The lowest BCUT2D eigenvalue weighted by atomic mass is 9.78. The van der Waals surface area contributed by atoms with Crippen molar-refractivity contribution < 1.29 is 8.78 Å². The van der Waals surface area contributed by atoms with Crippen LogP contribution in [0.15, 0.2) is 12.1 Å². The van der Waals surface area contributed by atoms with E-state index in [0.29, 0.717) is 12.0 Å². The molecule has 0 aliphatic rings. The van der Waals surface area contributed by atoms with Crippen LogP contribution in [-0.2, 0) is 5.41 Å². The van der Waals surface area contributed by atoms with Crippen molar-refractivity contribution in [2.45, 2.75) is 58.9 Å². The molecule has 108 valence electrons. The molecule has 1 atom stereocenters. The molecule has 0 aliphatic carbocycles. The van der Waals surface area contributed by atoms with Gasteiger partial charge in [0.15, 0.2) is 0 Å². The van der Waals surface area contributed by atoms with E-state index in [1.807, 2.05) is 13.8 Å². The first-order valence-corrected chi connectivity index (χ1v) is 6.98. The first-order chi connectivity index (χ1) is 8.79. The van der Waals surface area contributed by atoms with Crippen molar-refractivity contribution in [1.29, 1.82) is 0 Å². The summed E-state index contributed by atoms with van der Waals surface area (Å²) in [6.07, 6.45) is 1.75. The van der Waals surface area contributed by atoms with Crippen molar-refractivity contribution in [3.8, 4) is 0 Å². The van der Waals surface area contributed by atoms with Crippen molar-refractivity contribution in [2.75, 3.05) is 6.54 Å². The second-order valence-corrected chi connectivity index (χ2v) is 6.00. The Morgan fingerprint density at radius 1 is 1.26 bits per heavy atom. The zero-order chi connectivity index (χ0) is 14.6. The van der Waals surface area contributed by atoms with Gasteiger partial charge in [0.25, 0.3) is 0 Å². The Bertz CT molecular complexity index is 427. The standard InChI is InChI=1S/C16H25F2N/c1-6-9-19-12(3)10-16(4,5)14-13(17)8-7-11(2)15(14)18/h7-8,12,19H,6,9-10H2,1-5H3. The number of rotatable bonds is 6. The summed E-state index contributed by atoms with van der Waals surface area (Å²) in [5.41, 5.74) is 0.177. The van der Waals surface area contributed by atoms with Gasteiger partial charge in [-0.2, -0.15) is 0 Å². The molecule has 1 aromatic carbocycles. The van der Waals surface area contributed by atoms with Gasteiger partial charge in [-0.3, -0.25) is 0 Å². The van der Waals surface area contributed by atoms with Gasteiger partial charge in [0, 0.05) is 11.6 Å². The largest absolute Gasteiger partial charge is 0.314 e. The maximum absolute atomic E-state index is 14.2. The Labute approximate surface area is 115 Å². The van der Waals surface area contributed by atoms with Crippen LogP contribution in [0.25, 0.3) is 0 Å². The number of halogens is 2. The van der Waals surface area contributed by atoms with Crippen LogP contribution in [0.1, 0.15) is 51.7 Å². The van der Waals surface area contributed by atoms with Gasteiger partial charge >= 0.3 is 0 Å². The fourth-order valence-electron chi connectivity index (χ4n) is 2.61.